The van der Waals surface area contributed by atoms with Gasteiger partial charge in [-0.25, -0.2) is 0 Å². The van der Waals surface area contributed by atoms with E-state index in [0.717, 1.165) is 32.0 Å². The van der Waals surface area contributed by atoms with E-state index >= 15 is 0 Å². The van der Waals surface area contributed by atoms with Gasteiger partial charge in [-0.1, -0.05) is 30.3 Å². The van der Waals surface area contributed by atoms with Crippen molar-refractivity contribution in [1.29, 1.82) is 0 Å². The Morgan fingerprint density at radius 1 is 1.04 bits per heavy atom. The molecule has 2 heterocycles. The first-order valence-corrected chi connectivity index (χ1v) is 10.5. The van der Waals surface area contributed by atoms with E-state index in [1.807, 2.05) is 0 Å². The fourth-order valence-corrected chi connectivity index (χ4v) is 4.75. The van der Waals surface area contributed by atoms with E-state index in [0.29, 0.717) is 18.7 Å². The van der Waals surface area contributed by atoms with Gasteiger partial charge in [0.25, 0.3) is 0 Å². The zero-order valence-electron chi connectivity index (χ0n) is 16.7. The van der Waals surface area contributed by atoms with E-state index in [4.69, 9.17) is 0 Å². The van der Waals surface area contributed by atoms with Crippen LogP contribution in [0.4, 0.5) is 0 Å². The van der Waals surface area contributed by atoms with Crippen molar-refractivity contribution in [3.63, 3.8) is 0 Å². The molecular formula is C22H37N3O. The van der Waals surface area contributed by atoms with Crippen molar-refractivity contribution < 1.29 is 5.11 Å². The molecule has 0 radical (unpaired) electrons. The molecule has 0 amide bonds. The van der Waals surface area contributed by atoms with Gasteiger partial charge in [0, 0.05) is 50.9 Å². The highest BCUT2D eigenvalue weighted by atomic mass is 16.3. The molecule has 1 aromatic rings. The van der Waals surface area contributed by atoms with Crippen molar-refractivity contribution >= 4 is 0 Å². The summed E-state index contributed by atoms with van der Waals surface area (Å²) < 4.78 is 0. The Morgan fingerprint density at radius 3 is 2.42 bits per heavy atom. The van der Waals surface area contributed by atoms with E-state index in [2.05, 4.69) is 58.9 Å². The van der Waals surface area contributed by atoms with Crippen LogP contribution in [0, 0.1) is 0 Å². The van der Waals surface area contributed by atoms with Crippen LogP contribution in [0.15, 0.2) is 30.3 Å². The van der Waals surface area contributed by atoms with Crippen LogP contribution in [0.5, 0.6) is 0 Å². The van der Waals surface area contributed by atoms with E-state index in [-0.39, 0.29) is 0 Å². The zero-order chi connectivity index (χ0) is 18.4. The van der Waals surface area contributed by atoms with Crippen LogP contribution < -0.4 is 0 Å². The van der Waals surface area contributed by atoms with Crippen LogP contribution in [0.2, 0.25) is 0 Å². The van der Waals surface area contributed by atoms with Gasteiger partial charge in [0.15, 0.2) is 0 Å². The van der Waals surface area contributed by atoms with Gasteiger partial charge < -0.3 is 10.0 Å². The summed E-state index contributed by atoms with van der Waals surface area (Å²) in [5.41, 5.74) is 1.45. The lowest BCUT2D eigenvalue weighted by Gasteiger charge is -2.48. The lowest BCUT2D eigenvalue weighted by molar-refractivity contribution is 0.00321. The fourth-order valence-electron chi connectivity index (χ4n) is 4.75. The minimum Gasteiger partial charge on any atom is -0.396 e. The minimum atomic E-state index is 0.305. The Labute approximate surface area is 159 Å². The molecular weight excluding hydrogens is 322 g/mol. The van der Waals surface area contributed by atoms with Crippen molar-refractivity contribution in [1.82, 2.24) is 14.7 Å². The van der Waals surface area contributed by atoms with Crippen LogP contribution in [0.25, 0.3) is 0 Å². The summed E-state index contributed by atoms with van der Waals surface area (Å²) in [7, 11) is 0. The van der Waals surface area contributed by atoms with Gasteiger partial charge in [0.1, 0.15) is 0 Å². The molecule has 2 saturated heterocycles. The fraction of sp³-hybridized carbons (Fsp3) is 0.727. The van der Waals surface area contributed by atoms with E-state index in [9.17, 15) is 5.11 Å². The summed E-state index contributed by atoms with van der Waals surface area (Å²) in [4.78, 5) is 7.94. The van der Waals surface area contributed by atoms with Crippen LogP contribution in [0.3, 0.4) is 0 Å². The highest BCUT2D eigenvalue weighted by Crippen LogP contribution is 2.23. The van der Waals surface area contributed by atoms with Gasteiger partial charge in [-0.3, -0.25) is 9.80 Å². The maximum atomic E-state index is 9.45. The van der Waals surface area contributed by atoms with Gasteiger partial charge in [-0.05, 0) is 58.2 Å². The van der Waals surface area contributed by atoms with Crippen LogP contribution in [0.1, 0.15) is 38.7 Å². The monoisotopic (exact) mass is 359 g/mol. The number of aliphatic hydroxyl groups excluding tert-OH is 1. The molecule has 3 rings (SSSR count). The summed E-state index contributed by atoms with van der Waals surface area (Å²) in [6.07, 6.45) is 4.66. The highest BCUT2D eigenvalue weighted by Gasteiger charge is 2.33. The third-order valence-electron chi connectivity index (χ3n) is 6.32. The molecule has 0 saturated carbocycles. The van der Waals surface area contributed by atoms with Crippen molar-refractivity contribution in [2.45, 2.75) is 57.7 Å². The summed E-state index contributed by atoms with van der Waals surface area (Å²) in [6, 6.07) is 12.7. The molecule has 0 unspecified atom stereocenters. The Hall–Kier alpha value is -0.940. The van der Waals surface area contributed by atoms with E-state index in [1.54, 1.807) is 0 Å². The second-order valence-corrected chi connectivity index (χ2v) is 8.30. The summed E-state index contributed by atoms with van der Waals surface area (Å²) in [5, 5.41) is 9.45. The highest BCUT2D eigenvalue weighted by molar-refractivity contribution is 5.14. The first-order valence-electron chi connectivity index (χ1n) is 10.5. The van der Waals surface area contributed by atoms with Crippen molar-refractivity contribution in [2.24, 2.45) is 0 Å². The largest absolute Gasteiger partial charge is 0.396 e. The molecule has 0 aliphatic carbocycles. The molecule has 0 spiro atoms. The number of piperazine rings is 1. The number of benzene rings is 1. The molecule has 1 N–H and O–H groups in total. The van der Waals surface area contributed by atoms with Crippen LogP contribution >= 0.6 is 0 Å². The van der Waals surface area contributed by atoms with Gasteiger partial charge >= 0.3 is 0 Å². The number of piperidine rings is 1. The average molecular weight is 360 g/mol. The predicted molar refractivity (Wildman–Crippen MR) is 109 cm³/mol. The number of nitrogens with zero attached hydrogens (tertiary/aromatic N) is 3. The van der Waals surface area contributed by atoms with E-state index in [1.165, 1.54) is 44.6 Å². The number of aliphatic hydroxyl groups is 1. The normalized spacial score (nSPS) is 24.4. The zero-order valence-corrected chi connectivity index (χ0v) is 16.7. The molecule has 1 atom stereocenters. The summed E-state index contributed by atoms with van der Waals surface area (Å²) in [6.45, 7) is 12.0. The van der Waals surface area contributed by atoms with Gasteiger partial charge in [-0.2, -0.15) is 0 Å². The Bertz CT molecular complexity index is 513. The molecule has 4 nitrogen and oxygen atoms in total. The minimum absolute atomic E-state index is 0.305. The Morgan fingerprint density at radius 2 is 1.77 bits per heavy atom. The second kappa shape index (κ2) is 9.84. The first-order chi connectivity index (χ1) is 12.7. The molecule has 146 valence electrons. The van der Waals surface area contributed by atoms with Gasteiger partial charge in [-0.15, -0.1) is 0 Å². The molecule has 2 fully saturated rings. The molecule has 26 heavy (non-hydrogen) atoms. The maximum absolute atomic E-state index is 9.45. The topological polar surface area (TPSA) is 30.0 Å². The standard InChI is InChI=1S/C22H37N3O/c1-19(2)25-16-15-24(18-22(25)11-17-26)21-9-13-23(14-10-21)12-8-20-6-4-3-5-7-20/h3-7,19,21-22,26H,8-18H2,1-2H3/t22-/m1/s1. The van der Waals surface area contributed by atoms with Crippen LogP contribution in [-0.4, -0.2) is 83.8 Å². The predicted octanol–water partition coefficient (Wildman–Crippen LogP) is 2.47. The number of rotatable bonds is 7. The number of hydrogen-bond donors (Lipinski definition) is 1. The smallest absolute Gasteiger partial charge is 0.0446 e. The van der Waals surface area contributed by atoms with Crippen molar-refractivity contribution in [3.8, 4) is 0 Å². The van der Waals surface area contributed by atoms with Gasteiger partial charge in [0.05, 0.1) is 0 Å². The Kier molecular flexibility index (Phi) is 7.50. The average Bonchev–Trinajstić information content (AvgIpc) is 2.67. The molecule has 0 bridgehead atoms. The van der Waals surface area contributed by atoms with Gasteiger partial charge in [0.2, 0.25) is 0 Å². The Balaban J connectivity index is 1.44. The van der Waals surface area contributed by atoms with E-state index < -0.39 is 0 Å². The van der Waals surface area contributed by atoms with Crippen molar-refractivity contribution in [2.75, 3.05) is 45.9 Å². The number of hydrogen-bond acceptors (Lipinski definition) is 4. The molecule has 4 heteroatoms. The van der Waals surface area contributed by atoms with Crippen LogP contribution in [-0.2, 0) is 6.42 Å². The summed E-state index contributed by atoms with van der Waals surface area (Å²) >= 11 is 0. The first kappa shape index (κ1) is 19.8. The second-order valence-electron chi connectivity index (χ2n) is 8.30. The quantitative estimate of drug-likeness (QED) is 0.810. The van der Waals surface area contributed by atoms with Crippen molar-refractivity contribution in [3.05, 3.63) is 35.9 Å². The lowest BCUT2D eigenvalue weighted by Crippen LogP contribution is -2.59. The maximum Gasteiger partial charge on any atom is 0.0446 e. The molecule has 2 aliphatic heterocycles. The summed E-state index contributed by atoms with van der Waals surface area (Å²) in [5.74, 6) is 0. The molecule has 2 aliphatic rings. The molecule has 1 aromatic carbocycles. The lowest BCUT2D eigenvalue weighted by atomic mass is 9.98. The third kappa shape index (κ3) is 5.29. The SMILES string of the molecule is CC(C)N1CCN(C2CCN(CCc3ccccc3)CC2)C[C@H]1CCO. The molecule has 0 aromatic heterocycles. The third-order valence-corrected chi connectivity index (χ3v) is 6.32. The number of likely N-dealkylation sites (tertiary alicyclic amines) is 1.